The Hall–Kier alpha value is -2.88. The predicted octanol–water partition coefficient (Wildman–Crippen LogP) is 4.44. The van der Waals surface area contributed by atoms with Gasteiger partial charge in [0.15, 0.2) is 5.82 Å². The van der Waals surface area contributed by atoms with Crippen LogP contribution in [-0.4, -0.2) is 35.0 Å². The van der Waals surface area contributed by atoms with Crippen LogP contribution in [0.4, 0.5) is 21.6 Å². The SMILES string of the molecule is CN1CCC(C)(C#Cc2cc3ncnc(Nc4cccc(Cl)c4F)c3cc2N)C1. The van der Waals surface area contributed by atoms with E-state index in [1.165, 1.54) is 12.4 Å². The van der Waals surface area contributed by atoms with Crippen LogP contribution in [0.15, 0.2) is 36.7 Å². The number of hydrogen-bond acceptors (Lipinski definition) is 5. The maximum atomic E-state index is 14.3. The first kappa shape index (κ1) is 19.4. The van der Waals surface area contributed by atoms with Gasteiger partial charge in [-0.2, -0.15) is 0 Å². The van der Waals surface area contributed by atoms with Crippen LogP contribution >= 0.6 is 11.6 Å². The number of nitrogens with zero attached hydrogens (tertiary/aromatic N) is 3. The smallest absolute Gasteiger partial charge is 0.165 e. The third kappa shape index (κ3) is 3.98. The minimum Gasteiger partial charge on any atom is -0.398 e. The Kier molecular flexibility index (Phi) is 5.03. The van der Waals surface area contributed by atoms with E-state index in [1.54, 1.807) is 18.2 Å². The van der Waals surface area contributed by atoms with Crippen LogP contribution < -0.4 is 11.1 Å². The molecule has 148 valence electrons. The number of nitrogens with one attached hydrogen (secondary N) is 1. The van der Waals surface area contributed by atoms with Gasteiger partial charge in [-0.1, -0.05) is 29.5 Å². The zero-order chi connectivity index (χ0) is 20.6. The molecule has 0 amide bonds. The number of hydrogen-bond donors (Lipinski definition) is 2. The van der Waals surface area contributed by atoms with Gasteiger partial charge in [-0.05, 0) is 51.2 Å². The lowest BCUT2D eigenvalue weighted by atomic mass is 9.90. The zero-order valence-corrected chi connectivity index (χ0v) is 17.0. The van der Waals surface area contributed by atoms with Crippen molar-refractivity contribution in [2.75, 3.05) is 31.2 Å². The monoisotopic (exact) mass is 409 g/mol. The molecule has 3 N–H and O–H groups in total. The topological polar surface area (TPSA) is 67.1 Å². The molecule has 1 fully saturated rings. The summed E-state index contributed by atoms with van der Waals surface area (Å²) in [6.07, 6.45) is 2.46. The minimum absolute atomic E-state index is 0.0384. The molecule has 5 nitrogen and oxygen atoms in total. The maximum absolute atomic E-state index is 14.3. The molecule has 0 spiro atoms. The van der Waals surface area contributed by atoms with Crippen molar-refractivity contribution in [3.8, 4) is 11.8 Å². The van der Waals surface area contributed by atoms with Gasteiger partial charge in [-0.15, -0.1) is 0 Å². The Bertz CT molecular complexity index is 1150. The molecular weight excluding hydrogens is 389 g/mol. The lowest BCUT2D eigenvalue weighted by molar-refractivity contribution is 0.373. The summed E-state index contributed by atoms with van der Waals surface area (Å²) in [6.45, 7) is 4.15. The number of anilines is 3. The highest BCUT2D eigenvalue weighted by Gasteiger charge is 2.29. The molecule has 0 saturated carbocycles. The fourth-order valence-corrected chi connectivity index (χ4v) is 3.74. The third-order valence-corrected chi connectivity index (χ3v) is 5.47. The molecule has 1 unspecified atom stereocenters. The standard InChI is InChI=1S/C22H21ClFN5/c1-22(8-9-29(2)12-22)7-6-14-10-19-15(11-17(14)25)21(27-13-26-19)28-18-5-3-4-16(23)20(18)24/h3-5,10-11,13H,8-9,12,25H2,1-2H3,(H,26,27,28). The van der Waals surface area contributed by atoms with Gasteiger partial charge in [0, 0.05) is 28.6 Å². The largest absolute Gasteiger partial charge is 0.398 e. The highest BCUT2D eigenvalue weighted by Crippen LogP contribution is 2.31. The molecule has 29 heavy (non-hydrogen) atoms. The molecule has 7 heteroatoms. The number of fused-ring (bicyclic) bond motifs is 1. The van der Waals surface area contributed by atoms with Gasteiger partial charge in [0.2, 0.25) is 0 Å². The van der Waals surface area contributed by atoms with Gasteiger partial charge in [-0.3, -0.25) is 0 Å². The molecule has 0 aliphatic carbocycles. The Labute approximate surface area is 174 Å². The van der Waals surface area contributed by atoms with Crippen molar-refractivity contribution in [3.05, 3.63) is 53.1 Å². The van der Waals surface area contributed by atoms with Crippen molar-refractivity contribution in [1.82, 2.24) is 14.9 Å². The second kappa shape index (κ2) is 7.51. The molecule has 1 aliphatic heterocycles. The first-order chi connectivity index (χ1) is 13.8. The van der Waals surface area contributed by atoms with E-state index < -0.39 is 5.82 Å². The van der Waals surface area contributed by atoms with Crippen LogP contribution in [0.25, 0.3) is 10.9 Å². The molecule has 2 heterocycles. The van der Waals surface area contributed by atoms with E-state index in [0.29, 0.717) is 22.4 Å². The number of rotatable bonds is 2. The Morgan fingerprint density at radius 1 is 1.31 bits per heavy atom. The van der Waals surface area contributed by atoms with Crippen LogP contribution in [0, 0.1) is 23.1 Å². The summed E-state index contributed by atoms with van der Waals surface area (Å²) >= 11 is 5.87. The van der Waals surface area contributed by atoms with Crippen LogP contribution in [0.5, 0.6) is 0 Å². The van der Waals surface area contributed by atoms with Crippen LogP contribution in [-0.2, 0) is 0 Å². The van der Waals surface area contributed by atoms with Crippen molar-refractivity contribution in [2.45, 2.75) is 13.3 Å². The van der Waals surface area contributed by atoms with Crippen molar-refractivity contribution in [1.29, 1.82) is 0 Å². The molecule has 0 bridgehead atoms. The summed E-state index contributed by atoms with van der Waals surface area (Å²) in [5.74, 6) is 6.53. The quantitative estimate of drug-likeness (QED) is 0.483. The molecule has 1 aromatic heterocycles. The Morgan fingerprint density at radius 3 is 2.90 bits per heavy atom. The van der Waals surface area contributed by atoms with Crippen LogP contribution in [0.3, 0.4) is 0 Å². The van der Waals surface area contributed by atoms with Gasteiger partial charge < -0.3 is 16.0 Å². The predicted molar refractivity (Wildman–Crippen MR) is 116 cm³/mol. The van der Waals surface area contributed by atoms with Crippen molar-refractivity contribution in [3.63, 3.8) is 0 Å². The first-order valence-corrected chi connectivity index (χ1v) is 9.69. The van der Waals surface area contributed by atoms with Crippen molar-refractivity contribution >= 4 is 39.7 Å². The third-order valence-electron chi connectivity index (χ3n) is 5.17. The van der Waals surface area contributed by atoms with E-state index in [-0.39, 0.29) is 16.1 Å². The Balaban J connectivity index is 1.70. The molecular formula is C22H21ClFN5. The van der Waals surface area contributed by atoms with E-state index in [9.17, 15) is 4.39 Å². The summed E-state index contributed by atoms with van der Waals surface area (Å²) in [6, 6.07) is 8.37. The average molecular weight is 410 g/mol. The fraction of sp³-hybridized carbons (Fsp3) is 0.273. The molecule has 4 rings (SSSR count). The summed E-state index contributed by atoms with van der Waals surface area (Å²) in [5, 5.41) is 3.70. The molecule has 0 radical (unpaired) electrons. The second-order valence-electron chi connectivity index (χ2n) is 7.70. The van der Waals surface area contributed by atoms with Gasteiger partial charge in [0.25, 0.3) is 0 Å². The maximum Gasteiger partial charge on any atom is 0.165 e. The van der Waals surface area contributed by atoms with E-state index in [2.05, 4.69) is 46.0 Å². The zero-order valence-electron chi connectivity index (χ0n) is 16.3. The first-order valence-electron chi connectivity index (χ1n) is 9.32. The average Bonchev–Trinajstić information content (AvgIpc) is 3.03. The molecule has 1 atom stereocenters. The van der Waals surface area contributed by atoms with Crippen molar-refractivity contribution < 1.29 is 4.39 Å². The van der Waals surface area contributed by atoms with E-state index in [1.807, 2.05) is 6.07 Å². The minimum atomic E-state index is -0.536. The molecule has 1 saturated heterocycles. The summed E-state index contributed by atoms with van der Waals surface area (Å²) in [7, 11) is 2.10. The molecule has 3 aromatic rings. The highest BCUT2D eigenvalue weighted by atomic mass is 35.5. The number of aromatic nitrogens is 2. The van der Waals surface area contributed by atoms with Crippen LogP contribution in [0.2, 0.25) is 5.02 Å². The second-order valence-corrected chi connectivity index (χ2v) is 8.11. The number of likely N-dealkylation sites (tertiary alicyclic amines) is 1. The van der Waals surface area contributed by atoms with Gasteiger partial charge in [0.1, 0.15) is 12.1 Å². The van der Waals surface area contributed by atoms with Crippen molar-refractivity contribution in [2.24, 2.45) is 5.41 Å². The normalized spacial score (nSPS) is 19.2. The number of nitrogen functional groups attached to an aromatic ring is 1. The Morgan fingerprint density at radius 2 is 2.14 bits per heavy atom. The summed E-state index contributed by atoms with van der Waals surface area (Å²) in [5.41, 5.74) is 8.40. The summed E-state index contributed by atoms with van der Waals surface area (Å²) in [4.78, 5) is 10.9. The van der Waals surface area contributed by atoms with Gasteiger partial charge >= 0.3 is 0 Å². The van der Waals surface area contributed by atoms with Gasteiger partial charge in [-0.25, -0.2) is 14.4 Å². The van der Waals surface area contributed by atoms with Gasteiger partial charge in [0.05, 0.1) is 16.2 Å². The number of nitrogens with two attached hydrogens (primary N) is 1. The van der Waals surface area contributed by atoms with E-state index >= 15 is 0 Å². The fourth-order valence-electron chi connectivity index (χ4n) is 3.57. The lowest BCUT2D eigenvalue weighted by Gasteiger charge is -2.15. The van der Waals surface area contributed by atoms with E-state index in [4.69, 9.17) is 17.3 Å². The highest BCUT2D eigenvalue weighted by molar-refractivity contribution is 6.31. The molecule has 2 aromatic carbocycles. The molecule has 1 aliphatic rings. The summed E-state index contributed by atoms with van der Waals surface area (Å²) < 4.78 is 14.3. The van der Waals surface area contributed by atoms with E-state index in [0.717, 1.165) is 25.1 Å². The number of benzene rings is 2. The number of halogens is 2. The van der Waals surface area contributed by atoms with Crippen LogP contribution in [0.1, 0.15) is 18.9 Å². The lowest BCUT2D eigenvalue weighted by Crippen LogP contribution is -2.20.